The van der Waals surface area contributed by atoms with Gasteiger partial charge in [-0.2, -0.15) is 0 Å². The van der Waals surface area contributed by atoms with E-state index in [9.17, 15) is 9.18 Å². The monoisotopic (exact) mass is 287 g/mol. The molecule has 0 heterocycles. The molecule has 1 aromatic rings. The summed E-state index contributed by atoms with van der Waals surface area (Å²) in [5.41, 5.74) is 0.989. The van der Waals surface area contributed by atoms with Crippen LogP contribution in [-0.4, -0.2) is 17.3 Å². The Balaban J connectivity index is 2.62. The Hall–Kier alpha value is -0.900. The second-order valence-corrected chi connectivity index (χ2v) is 5.37. The van der Waals surface area contributed by atoms with Crippen LogP contribution in [0.25, 0.3) is 0 Å². The van der Waals surface area contributed by atoms with Crippen molar-refractivity contribution in [1.29, 1.82) is 0 Å². The zero-order valence-electron chi connectivity index (χ0n) is 9.39. The highest BCUT2D eigenvalue weighted by Crippen LogP contribution is 2.10. The van der Waals surface area contributed by atoms with Crippen LogP contribution in [0, 0.1) is 12.7 Å². The average Bonchev–Trinajstić information content (AvgIpc) is 2.21. The molecule has 16 heavy (non-hydrogen) atoms. The third-order valence-corrected chi connectivity index (χ3v) is 2.65. The van der Waals surface area contributed by atoms with Crippen LogP contribution >= 0.6 is 15.9 Å². The summed E-state index contributed by atoms with van der Waals surface area (Å²) < 4.78 is 13.3. The van der Waals surface area contributed by atoms with Crippen LogP contribution in [-0.2, 0) is 0 Å². The van der Waals surface area contributed by atoms with Crippen LogP contribution in [0.15, 0.2) is 18.2 Å². The molecule has 0 saturated heterocycles. The first kappa shape index (κ1) is 13.2. The normalized spacial score (nSPS) is 12.2. The maximum atomic E-state index is 13.3. The van der Waals surface area contributed by atoms with Crippen LogP contribution in [0.4, 0.5) is 4.39 Å². The average molecular weight is 288 g/mol. The number of hydrogen-bond acceptors (Lipinski definition) is 1. The molecule has 0 fully saturated rings. The van der Waals surface area contributed by atoms with E-state index in [0.29, 0.717) is 11.4 Å². The van der Waals surface area contributed by atoms with E-state index in [-0.39, 0.29) is 11.5 Å². The number of amides is 1. The summed E-state index contributed by atoms with van der Waals surface area (Å²) in [6.07, 6.45) is 0.819. The molecule has 1 atom stereocenters. The predicted octanol–water partition coefficient (Wildman–Crippen LogP) is 3.04. The van der Waals surface area contributed by atoms with E-state index in [0.717, 1.165) is 12.0 Å². The van der Waals surface area contributed by atoms with Gasteiger partial charge in [0.15, 0.2) is 0 Å². The molecule has 2 nitrogen and oxygen atoms in total. The topological polar surface area (TPSA) is 29.1 Å². The van der Waals surface area contributed by atoms with Gasteiger partial charge in [-0.3, -0.25) is 4.79 Å². The Morgan fingerprint density at radius 2 is 2.25 bits per heavy atom. The van der Waals surface area contributed by atoms with E-state index in [2.05, 4.69) is 21.2 Å². The Kier molecular flexibility index (Phi) is 4.93. The number of carbonyl (C=O) groups excluding carboxylic acids is 1. The first-order chi connectivity index (χ1) is 7.50. The van der Waals surface area contributed by atoms with Gasteiger partial charge in [-0.25, -0.2) is 4.39 Å². The number of nitrogens with one attached hydrogen (secondary N) is 1. The smallest absolute Gasteiger partial charge is 0.254 e. The van der Waals surface area contributed by atoms with Crippen molar-refractivity contribution in [2.75, 3.05) is 6.54 Å². The van der Waals surface area contributed by atoms with E-state index in [1.54, 1.807) is 12.1 Å². The van der Waals surface area contributed by atoms with Crippen molar-refractivity contribution >= 4 is 21.8 Å². The molecule has 1 rings (SSSR count). The minimum Gasteiger partial charge on any atom is -0.352 e. The molecule has 0 radical (unpaired) electrons. The quantitative estimate of drug-likeness (QED) is 0.848. The maximum Gasteiger partial charge on any atom is 0.254 e. The lowest BCUT2D eigenvalue weighted by Crippen LogP contribution is -2.26. The third-order valence-electron chi connectivity index (χ3n) is 2.19. The van der Waals surface area contributed by atoms with Crippen molar-refractivity contribution in [3.63, 3.8) is 0 Å². The predicted molar refractivity (Wildman–Crippen MR) is 66.5 cm³/mol. The van der Waals surface area contributed by atoms with Crippen molar-refractivity contribution in [2.24, 2.45) is 0 Å². The zero-order valence-corrected chi connectivity index (χ0v) is 11.0. The SMILES string of the molecule is Cc1ccc(F)c(C(=O)NCCC(C)Br)c1. The largest absolute Gasteiger partial charge is 0.352 e. The van der Waals surface area contributed by atoms with E-state index in [4.69, 9.17) is 0 Å². The summed E-state index contributed by atoms with van der Waals surface area (Å²) in [5.74, 6) is -0.829. The standard InChI is InChI=1S/C12H15BrFNO/c1-8-3-4-11(14)10(7-8)12(16)15-6-5-9(2)13/h3-4,7,9H,5-6H2,1-2H3,(H,15,16). The van der Waals surface area contributed by atoms with Gasteiger partial charge in [0.1, 0.15) is 5.82 Å². The second kappa shape index (κ2) is 5.99. The number of benzene rings is 1. The Morgan fingerprint density at radius 1 is 1.56 bits per heavy atom. The molecule has 0 spiro atoms. The van der Waals surface area contributed by atoms with Crippen LogP contribution in [0.5, 0.6) is 0 Å². The minimum atomic E-state index is -0.477. The molecule has 1 N–H and O–H groups in total. The zero-order chi connectivity index (χ0) is 12.1. The summed E-state index contributed by atoms with van der Waals surface area (Å²) in [4.78, 5) is 12.0. The Bertz CT molecular complexity index is 379. The number of rotatable bonds is 4. The van der Waals surface area contributed by atoms with Crippen LogP contribution < -0.4 is 5.32 Å². The Labute approximate surface area is 103 Å². The van der Waals surface area contributed by atoms with Gasteiger partial charge in [0.2, 0.25) is 0 Å². The van der Waals surface area contributed by atoms with E-state index < -0.39 is 5.82 Å². The highest BCUT2D eigenvalue weighted by atomic mass is 79.9. The fourth-order valence-corrected chi connectivity index (χ4v) is 1.52. The molecule has 1 unspecified atom stereocenters. The van der Waals surface area contributed by atoms with Gasteiger partial charge in [-0.15, -0.1) is 0 Å². The molecule has 4 heteroatoms. The molecule has 1 amide bonds. The minimum absolute atomic E-state index is 0.113. The fourth-order valence-electron chi connectivity index (χ4n) is 1.29. The van der Waals surface area contributed by atoms with Crippen molar-refractivity contribution in [3.05, 3.63) is 35.1 Å². The van der Waals surface area contributed by atoms with Crippen molar-refractivity contribution in [3.8, 4) is 0 Å². The third kappa shape index (κ3) is 3.93. The summed E-state index contributed by atoms with van der Waals surface area (Å²) in [6, 6.07) is 4.52. The molecular formula is C12H15BrFNO. The molecule has 0 aliphatic heterocycles. The molecule has 0 aliphatic carbocycles. The lowest BCUT2D eigenvalue weighted by molar-refractivity contribution is 0.0949. The van der Waals surface area contributed by atoms with Crippen molar-refractivity contribution < 1.29 is 9.18 Å². The van der Waals surface area contributed by atoms with Gasteiger partial charge in [-0.1, -0.05) is 34.5 Å². The number of aryl methyl sites for hydroxylation is 1. The molecule has 0 bridgehead atoms. The second-order valence-electron chi connectivity index (χ2n) is 3.81. The Morgan fingerprint density at radius 3 is 2.88 bits per heavy atom. The van der Waals surface area contributed by atoms with Gasteiger partial charge in [-0.05, 0) is 25.5 Å². The highest BCUT2D eigenvalue weighted by Gasteiger charge is 2.11. The lowest BCUT2D eigenvalue weighted by Gasteiger charge is -2.07. The summed E-state index contributed by atoms with van der Waals surface area (Å²) in [7, 11) is 0. The molecule has 0 saturated carbocycles. The first-order valence-electron chi connectivity index (χ1n) is 5.19. The summed E-state index contributed by atoms with van der Waals surface area (Å²) in [5, 5.41) is 2.69. The molecule has 88 valence electrons. The number of alkyl halides is 1. The summed E-state index contributed by atoms with van der Waals surface area (Å²) >= 11 is 3.38. The first-order valence-corrected chi connectivity index (χ1v) is 6.10. The number of carbonyl (C=O) groups is 1. The van der Waals surface area contributed by atoms with Crippen molar-refractivity contribution in [1.82, 2.24) is 5.32 Å². The van der Waals surface area contributed by atoms with E-state index >= 15 is 0 Å². The van der Waals surface area contributed by atoms with Crippen LogP contribution in [0.1, 0.15) is 29.3 Å². The van der Waals surface area contributed by atoms with Crippen molar-refractivity contribution in [2.45, 2.75) is 25.1 Å². The van der Waals surface area contributed by atoms with Gasteiger partial charge < -0.3 is 5.32 Å². The lowest BCUT2D eigenvalue weighted by atomic mass is 10.1. The molecule has 0 aromatic heterocycles. The van der Waals surface area contributed by atoms with Gasteiger partial charge in [0.25, 0.3) is 5.91 Å². The highest BCUT2D eigenvalue weighted by molar-refractivity contribution is 9.09. The van der Waals surface area contributed by atoms with Gasteiger partial charge in [0.05, 0.1) is 5.56 Å². The molecule has 1 aromatic carbocycles. The van der Waals surface area contributed by atoms with Crippen LogP contribution in [0.3, 0.4) is 0 Å². The summed E-state index contributed by atoms with van der Waals surface area (Å²) in [6.45, 7) is 4.37. The maximum absolute atomic E-state index is 13.3. The molecular weight excluding hydrogens is 273 g/mol. The van der Waals surface area contributed by atoms with E-state index in [1.165, 1.54) is 6.07 Å². The fraction of sp³-hybridized carbons (Fsp3) is 0.417. The van der Waals surface area contributed by atoms with Gasteiger partial charge in [0, 0.05) is 11.4 Å². The number of halogens is 2. The van der Waals surface area contributed by atoms with E-state index in [1.807, 2.05) is 13.8 Å². The number of hydrogen-bond donors (Lipinski definition) is 1. The van der Waals surface area contributed by atoms with Crippen LogP contribution in [0.2, 0.25) is 0 Å². The van der Waals surface area contributed by atoms with Gasteiger partial charge >= 0.3 is 0 Å². The molecule has 0 aliphatic rings.